The molecule has 1 atom stereocenters. The highest BCUT2D eigenvalue weighted by atomic mass is 19.4. The van der Waals surface area contributed by atoms with Crippen LogP contribution in [0.5, 0.6) is 0 Å². The molecule has 3 amide bonds. The van der Waals surface area contributed by atoms with Crippen LogP contribution in [-0.4, -0.2) is 53.8 Å². The lowest BCUT2D eigenvalue weighted by atomic mass is 10.1. The molecular formula is C18H17F3N6O2. The fraction of sp³-hybridized carbons (Fsp3) is 0.333. The molecule has 4 heterocycles. The van der Waals surface area contributed by atoms with Crippen molar-refractivity contribution in [1.29, 1.82) is 0 Å². The van der Waals surface area contributed by atoms with E-state index in [1.165, 1.54) is 11.0 Å². The molecule has 2 aliphatic heterocycles. The number of pyridine rings is 2. The van der Waals surface area contributed by atoms with Gasteiger partial charge in [-0.25, -0.2) is 14.8 Å². The average molecular weight is 406 g/mol. The van der Waals surface area contributed by atoms with Crippen LogP contribution < -0.4 is 20.4 Å². The van der Waals surface area contributed by atoms with Gasteiger partial charge in [0, 0.05) is 19.3 Å². The maximum atomic E-state index is 12.9. The molecule has 11 heteroatoms. The number of nitrogens with one attached hydrogen (secondary N) is 2. The van der Waals surface area contributed by atoms with Crippen LogP contribution >= 0.6 is 0 Å². The lowest BCUT2D eigenvalue weighted by molar-refractivity contribution is -0.123. The number of nitrogens with zero attached hydrogens (tertiary/aromatic N) is 4. The van der Waals surface area contributed by atoms with Gasteiger partial charge in [-0.3, -0.25) is 15.0 Å². The van der Waals surface area contributed by atoms with Crippen LogP contribution in [-0.2, 0) is 0 Å². The molecule has 0 radical (unpaired) electrons. The first-order valence-corrected chi connectivity index (χ1v) is 8.94. The van der Waals surface area contributed by atoms with Crippen LogP contribution in [0, 0.1) is 0 Å². The zero-order valence-corrected chi connectivity index (χ0v) is 15.1. The van der Waals surface area contributed by atoms with E-state index in [-0.39, 0.29) is 17.6 Å². The van der Waals surface area contributed by atoms with Crippen LogP contribution in [0.25, 0.3) is 0 Å². The summed E-state index contributed by atoms with van der Waals surface area (Å²) in [4.78, 5) is 36.8. The van der Waals surface area contributed by atoms with Gasteiger partial charge in [0.15, 0.2) is 5.82 Å². The van der Waals surface area contributed by atoms with Crippen LogP contribution in [0.15, 0.2) is 36.5 Å². The van der Waals surface area contributed by atoms with Crippen molar-refractivity contribution in [2.45, 2.75) is 18.6 Å². The van der Waals surface area contributed by atoms with Gasteiger partial charge in [-0.1, -0.05) is 6.07 Å². The molecule has 4 rings (SSSR count). The number of carbonyl (C=O) groups excluding carboxylic acids is 2. The Kier molecular flexibility index (Phi) is 4.73. The predicted molar refractivity (Wildman–Crippen MR) is 99.0 cm³/mol. The molecule has 0 saturated carbocycles. The number of fused-ring (bicyclic) bond motifs is 4. The summed E-state index contributed by atoms with van der Waals surface area (Å²) in [6.45, 7) is -0.126. The van der Waals surface area contributed by atoms with E-state index in [1.54, 1.807) is 35.8 Å². The van der Waals surface area contributed by atoms with E-state index in [9.17, 15) is 22.8 Å². The van der Waals surface area contributed by atoms with E-state index in [0.717, 1.165) is 0 Å². The normalized spacial score (nSPS) is 17.7. The van der Waals surface area contributed by atoms with Crippen molar-refractivity contribution in [3.63, 3.8) is 0 Å². The minimum Gasteiger partial charge on any atom is -0.366 e. The third-order valence-corrected chi connectivity index (χ3v) is 4.75. The third-order valence-electron chi connectivity index (χ3n) is 4.75. The third kappa shape index (κ3) is 3.93. The Balaban J connectivity index is 1.62. The fourth-order valence-corrected chi connectivity index (χ4v) is 3.48. The van der Waals surface area contributed by atoms with Gasteiger partial charge < -0.3 is 10.2 Å². The molecular weight excluding hydrogens is 389 g/mol. The first-order valence-electron chi connectivity index (χ1n) is 8.94. The Morgan fingerprint density at radius 3 is 2.76 bits per heavy atom. The van der Waals surface area contributed by atoms with Gasteiger partial charge in [-0.2, -0.15) is 13.2 Å². The molecule has 8 nitrogen and oxygen atoms in total. The fourth-order valence-electron chi connectivity index (χ4n) is 3.48. The predicted octanol–water partition coefficient (Wildman–Crippen LogP) is 2.40. The highest BCUT2D eigenvalue weighted by Crippen LogP contribution is 2.39. The molecule has 0 aromatic carbocycles. The summed E-state index contributed by atoms with van der Waals surface area (Å²) in [6.07, 6.45) is -2.27. The number of rotatable bonds is 3. The zero-order chi connectivity index (χ0) is 20.6. The van der Waals surface area contributed by atoms with Crippen LogP contribution in [0.2, 0.25) is 0 Å². The molecule has 1 fully saturated rings. The van der Waals surface area contributed by atoms with Gasteiger partial charge in [0.2, 0.25) is 0 Å². The monoisotopic (exact) mass is 406 g/mol. The number of halogens is 3. The quantitative estimate of drug-likeness (QED) is 0.817. The zero-order valence-electron chi connectivity index (χ0n) is 15.1. The van der Waals surface area contributed by atoms with E-state index in [1.807, 2.05) is 4.90 Å². The SMILES string of the molecule is O=C(NCC(F)(F)F)c1ccc2c(n1)N(C(=O)Nc1ccccn1)[C@H]1CCN2C1. The van der Waals surface area contributed by atoms with Crippen LogP contribution in [0.1, 0.15) is 16.9 Å². The first kappa shape index (κ1) is 19.0. The minimum atomic E-state index is -4.52. The number of hydrogen-bond acceptors (Lipinski definition) is 5. The summed E-state index contributed by atoms with van der Waals surface area (Å²) in [7, 11) is 0. The maximum absolute atomic E-state index is 12.9. The minimum absolute atomic E-state index is 0.160. The largest absolute Gasteiger partial charge is 0.405 e. The smallest absolute Gasteiger partial charge is 0.366 e. The van der Waals surface area contributed by atoms with Crippen molar-refractivity contribution >= 4 is 29.3 Å². The summed E-state index contributed by atoms with van der Waals surface area (Å²) >= 11 is 0. The van der Waals surface area contributed by atoms with Crippen molar-refractivity contribution in [1.82, 2.24) is 15.3 Å². The van der Waals surface area contributed by atoms with Gasteiger partial charge in [-0.05, 0) is 30.7 Å². The van der Waals surface area contributed by atoms with Crippen molar-refractivity contribution in [3.05, 3.63) is 42.2 Å². The summed E-state index contributed by atoms with van der Waals surface area (Å²) in [5, 5.41) is 4.50. The number of aromatic nitrogens is 2. The van der Waals surface area contributed by atoms with E-state index in [2.05, 4.69) is 15.3 Å². The Bertz CT molecular complexity index is 937. The van der Waals surface area contributed by atoms with E-state index >= 15 is 0 Å². The summed E-state index contributed by atoms with van der Waals surface area (Å²) < 4.78 is 37.1. The molecule has 2 aliphatic rings. The molecule has 0 aliphatic carbocycles. The maximum Gasteiger partial charge on any atom is 0.405 e. The number of amides is 3. The topological polar surface area (TPSA) is 90.5 Å². The van der Waals surface area contributed by atoms with Gasteiger partial charge >= 0.3 is 12.2 Å². The summed E-state index contributed by atoms with van der Waals surface area (Å²) in [6, 6.07) is 7.42. The Hall–Kier alpha value is -3.37. The van der Waals surface area contributed by atoms with Crippen molar-refractivity contribution in [2.75, 3.05) is 34.8 Å². The molecule has 0 spiro atoms. The van der Waals surface area contributed by atoms with Crippen molar-refractivity contribution in [2.24, 2.45) is 0 Å². The number of urea groups is 1. The number of hydrogen-bond donors (Lipinski definition) is 2. The Labute approximate surface area is 163 Å². The molecule has 2 N–H and O–H groups in total. The molecule has 152 valence electrons. The highest BCUT2D eigenvalue weighted by Gasteiger charge is 2.40. The number of carbonyl (C=O) groups is 2. The highest BCUT2D eigenvalue weighted by molar-refractivity contribution is 6.05. The molecule has 2 aromatic rings. The van der Waals surface area contributed by atoms with E-state index in [4.69, 9.17) is 0 Å². The van der Waals surface area contributed by atoms with Gasteiger partial charge in [-0.15, -0.1) is 0 Å². The molecule has 29 heavy (non-hydrogen) atoms. The standard InChI is InChI=1S/C18H17F3N6O2/c19-18(20,21)10-23-16(28)12-4-5-13-15(24-12)27(11-6-8-26(13)9-11)17(29)25-14-3-1-2-7-22-14/h1-5,7,11H,6,8-10H2,(H,23,28)(H,22,25,29)/t11-/m0/s1. The van der Waals surface area contributed by atoms with Gasteiger partial charge in [0.1, 0.15) is 18.1 Å². The van der Waals surface area contributed by atoms with Crippen LogP contribution in [0.3, 0.4) is 0 Å². The number of alkyl halides is 3. The molecule has 0 unspecified atom stereocenters. The second-order valence-electron chi connectivity index (χ2n) is 6.74. The molecule has 2 aromatic heterocycles. The lowest BCUT2D eigenvalue weighted by Gasteiger charge is -2.35. The first-order chi connectivity index (χ1) is 13.8. The number of anilines is 3. The molecule has 2 bridgehead atoms. The lowest BCUT2D eigenvalue weighted by Crippen LogP contribution is -2.48. The molecule has 1 saturated heterocycles. The van der Waals surface area contributed by atoms with Crippen molar-refractivity contribution in [3.8, 4) is 0 Å². The van der Waals surface area contributed by atoms with E-state index in [0.29, 0.717) is 31.0 Å². The van der Waals surface area contributed by atoms with Crippen molar-refractivity contribution < 1.29 is 22.8 Å². The Morgan fingerprint density at radius 1 is 1.21 bits per heavy atom. The average Bonchev–Trinajstić information content (AvgIpc) is 3.10. The second kappa shape index (κ2) is 7.22. The van der Waals surface area contributed by atoms with Crippen LogP contribution in [0.4, 0.5) is 35.3 Å². The van der Waals surface area contributed by atoms with Gasteiger partial charge in [0.05, 0.1) is 11.7 Å². The Morgan fingerprint density at radius 2 is 2.03 bits per heavy atom. The van der Waals surface area contributed by atoms with Gasteiger partial charge in [0.25, 0.3) is 5.91 Å². The summed E-state index contributed by atoms with van der Waals surface area (Å²) in [5.41, 5.74) is 0.466. The van der Waals surface area contributed by atoms with E-state index < -0.39 is 24.7 Å². The second-order valence-corrected chi connectivity index (χ2v) is 6.74. The summed E-state index contributed by atoms with van der Waals surface area (Å²) in [5.74, 6) is -0.353.